The Kier molecular flexibility index (Phi) is 4.04. The molecule has 1 aromatic rings. The second-order valence-electron chi connectivity index (χ2n) is 3.68. The van der Waals surface area contributed by atoms with Gasteiger partial charge in [0.25, 0.3) is 0 Å². The maximum Gasteiger partial charge on any atom is 0.340 e. The van der Waals surface area contributed by atoms with E-state index in [4.69, 9.17) is 4.74 Å². The quantitative estimate of drug-likeness (QED) is 0.750. The van der Waals surface area contributed by atoms with E-state index in [1.807, 2.05) is 0 Å². The topological polar surface area (TPSA) is 66.8 Å². The SMILES string of the molecule is CCOC(=O)[C@@](C)(O)[C@@H](O)c1ccccc1. The average Bonchev–Trinajstić information content (AvgIpc) is 2.29. The number of aliphatic hydroxyl groups is 2. The third-order valence-electron chi connectivity index (χ3n) is 2.34. The lowest BCUT2D eigenvalue weighted by Crippen LogP contribution is -2.42. The highest BCUT2D eigenvalue weighted by atomic mass is 16.6. The van der Waals surface area contributed by atoms with Gasteiger partial charge < -0.3 is 14.9 Å². The van der Waals surface area contributed by atoms with Crippen LogP contribution in [0.1, 0.15) is 25.5 Å². The molecular formula is C12H16O4. The van der Waals surface area contributed by atoms with Gasteiger partial charge in [0.2, 0.25) is 0 Å². The highest BCUT2D eigenvalue weighted by Gasteiger charge is 2.40. The Morgan fingerprint density at radius 3 is 2.50 bits per heavy atom. The zero-order chi connectivity index (χ0) is 12.2. The average molecular weight is 224 g/mol. The highest BCUT2D eigenvalue weighted by molar-refractivity contribution is 5.79. The third kappa shape index (κ3) is 2.59. The number of carbonyl (C=O) groups excluding carboxylic acids is 1. The van der Waals surface area contributed by atoms with Crippen LogP contribution in [0.25, 0.3) is 0 Å². The second kappa shape index (κ2) is 5.09. The fraction of sp³-hybridized carbons (Fsp3) is 0.417. The minimum Gasteiger partial charge on any atom is -0.464 e. The molecule has 4 heteroatoms. The van der Waals surface area contributed by atoms with E-state index in [0.717, 1.165) is 0 Å². The zero-order valence-corrected chi connectivity index (χ0v) is 9.38. The van der Waals surface area contributed by atoms with Crippen LogP contribution in [0.4, 0.5) is 0 Å². The first-order chi connectivity index (χ1) is 7.50. The molecule has 0 bridgehead atoms. The van der Waals surface area contributed by atoms with E-state index in [9.17, 15) is 15.0 Å². The van der Waals surface area contributed by atoms with Gasteiger partial charge in [-0.25, -0.2) is 4.79 Å². The minimum atomic E-state index is -1.93. The van der Waals surface area contributed by atoms with Crippen molar-refractivity contribution in [1.29, 1.82) is 0 Å². The van der Waals surface area contributed by atoms with Gasteiger partial charge >= 0.3 is 5.97 Å². The molecular weight excluding hydrogens is 208 g/mol. The maximum atomic E-state index is 11.4. The van der Waals surface area contributed by atoms with Crippen molar-refractivity contribution in [3.63, 3.8) is 0 Å². The molecule has 1 rings (SSSR count). The van der Waals surface area contributed by atoms with E-state index in [-0.39, 0.29) is 6.61 Å². The van der Waals surface area contributed by atoms with Gasteiger partial charge in [-0.2, -0.15) is 0 Å². The van der Waals surface area contributed by atoms with Crippen molar-refractivity contribution in [2.24, 2.45) is 0 Å². The Hall–Kier alpha value is -1.39. The lowest BCUT2D eigenvalue weighted by molar-refractivity contribution is -0.175. The standard InChI is InChI=1S/C12H16O4/c1-3-16-11(14)12(2,15)10(13)9-7-5-4-6-8-9/h4-8,10,13,15H,3H2,1-2H3/t10-,12-/m0/s1. The van der Waals surface area contributed by atoms with Gasteiger partial charge in [-0.1, -0.05) is 30.3 Å². The Morgan fingerprint density at radius 2 is 2.00 bits per heavy atom. The number of carbonyl (C=O) groups is 1. The summed E-state index contributed by atoms with van der Waals surface area (Å²) in [7, 11) is 0. The van der Waals surface area contributed by atoms with Crippen LogP contribution in [0.5, 0.6) is 0 Å². The lowest BCUT2D eigenvalue weighted by atomic mass is 9.93. The van der Waals surface area contributed by atoms with E-state index >= 15 is 0 Å². The van der Waals surface area contributed by atoms with Crippen LogP contribution >= 0.6 is 0 Å². The first-order valence-corrected chi connectivity index (χ1v) is 5.12. The fourth-order valence-electron chi connectivity index (χ4n) is 1.35. The molecule has 0 aliphatic rings. The molecule has 0 saturated heterocycles. The second-order valence-corrected chi connectivity index (χ2v) is 3.68. The number of esters is 1. The Morgan fingerprint density at radius 1 is 1.44 bits per heavy atom. The van der Waals surface area contributed by atoms with Crippen molar-refractivity contribution in [2.75, 3.05) is 6.61 Å². The van der Waals surface area contributed by atoms with Crippen LogP contribution in [0, 0.1) is 0 Å². The van der Waals surface area contributed by atoms with Gasteiger partial charge in [0.05, 0.1) is 6.61 Å². The van der Waals surface area contributed by atoms with E-state index in [0.29, 0.717) is 5.56 Å². The number of hydrogen-bond donors (Lipinski definition) is 2. The Bertz CT molecular complexity index is 345. The van der Waals surface area contributed by atoms with Crippen LogP contribution in [-0.4, -0.2) is 28.4 Å². The number of aliphatic hydroxyl groups excluding tert-OH is 1. The van der Waals surface area contributed by atoms with Gasteiger partial charge in [0, 0.05) is 0 Å². The van der Waals surface area contributed by atoms with Gasteiger partial charge in [-0.3, -0.25) is 0 Å². The van der Waals surface area contributed by atoms with E-state index in [1.54, 1.807) is 37.3 Å². The molecule has 88 valence electrons. The zero-order valence-electron chi connectivity index (χ0n) is 9.38. The molecule has 0 heterocycles. The molecule has 0 unspecified atom stereocenters. The summed E-state index contributed by atoms with van der Waals surface area (Å²) in [4.78, 5) is 11.4. The molecule has 0 amide bonds. The summed E-state index contributed by atoms with van der Waals surface area (Å²) >= 11 is 0. The molecule has 0 aliphatic carbocycles. The van der Waals surface area contributed by atoms with Crippen molar-refractivity contribution in [3.05, 3.63) is 35.9 Å². The molecule has 2 atom stereocenters. The fourth-order valence-corrected chi connectivity index (χ4v) is 1.35. The van der Waals surface area contributed by atoms with E-state index in [1.165, 1.54) is 6.92 Å². The van der Waals surface area contributed by atoms with E-state index < -0.39 is 17.7 Å². The summed E-state index contributed by atoms with van der Waals surface area (Å²) in [5.41, 5.74) is -1.46. The summed E-state index contributed by atoms with van der Waals surface area (Å²) in [5, 5.41) is 19.8. The minimum absolute atomic E-state index is 0.163. The number of hydrogen-bond acceptors (Lipinski definition) is 4. The van der Waals surface area contributed by atoms with Crippen molar-refractivity contribution in [1.82, 2.24) is 0 Å². The molecule has 0 radical (unpaired) electrons. The monoisotopic (exact) mass is 224 g/mol. The van der Waals surface area contributed by atoms with Crippen LogP contribution < -0.4 is 0 Å². The first kappa shape index (κ1) is 12.7. The number of rotatable bonds is 4. The highest BCUT2D eigenvalue weighted by Crippen LogP contribution is 2.26. The van der Waals surface area contributed by atoms with Gasteiger partial charge in [0.1, 0.15) is 6.10 Å². The van der Waals surface area contributed by atoms with Crippen LogP contribution in [0.3, 0.4) is 0 Å². The van der Waals surface area contributed by atoms with E-state index in [2.05, 4.69) is 0 Å². The molecule has 16 heavy (non-hydrogen) atoms. The first-order valence-electron chi connectivity index (χ1n) is 5.12. The molecule has 2 N–H and O–H groups in total. The molecule has 1 aromatic carbocycles. The predicted octanol–water partition coefficient (Wildman–Crippen LogP) is 1.03. The molecule has 4 nitrogen and oxygen atoms in total. The molecule has 0 saturated carbocycles. The van der Waals surface area contributed by atoms with Gasteiger partial charge in [-0.15, -0.1) is 0 Å². The Labute approximate surface area is 94.5 Å². The normalized spacial score (nSPS) is 16.2. The van der Waals surface area contributed by atoms with Crippen LogP contribution in [0.15, 0.2) is 30.3 Å². The van der Waals surface area contributed by atoms with Crippen LogP contribution in [0.2, 0.25) is 0 Å². The third-order valence-corrected chi connectivity index (χ3v) is 2.34. The summed E-state index contributed by atoms with van der Waals surface area (Å²) in [5.74, 6) is -0.827. The van der Waals surface area contributed by atoms with Crippen molar-refractivity contribution in [3.8, 4) is 0 Å². The maximum absolute atomic E-state index is 11.4. The molecule has 0 aliphatic heterocycles. The summed E-state index contributed by atoms with van der Waals surface area (Å²) in [6.07, 6.45) is -1.30. The largest absolute Gasteiger partial charge is 0.464 e. The van der Waals surface area contributed by atoms with Crippen molar-refractivity contribution >= 4 is 5.97 Å². The molecule has 0 aromatic heterocycles. The van der Waals surface area contributed by atoms with Crippen molar-refractivity contribution < 1.29 is 19.7 Å². The number of benzene rings is 1. The smallest absolute Gasteiger partial charge is 0.340 e. The number of ether oxygens (including phenoxy) is 1. The Balaban J connectivity index is 2.87. The van der Waals surface area contributed by atoms with Gasteiger partial charge in [0.15, 0.2) is 5.60 Å². The van der Waals surface area contributed by atoms with Crippen molar-refractivity contribution in [2.45, 2.75) is 25.6 Å². The lowest BCUT2D eigenvalue weighted by Gasteiger charge is -2.26. The molecule has 0 fully saturated rings. The summed E-state index contributed by atoms with van der Waals surface area (Å²) in [6, 6.07) is 8.51. The molecule has 0 spiro atoms. The predicted molar refractivity (Wildman–Crippen MR) is 58.7 cm³/mol. The van der Waals surface area contributed by atoms with Crippen LogP contribution in [-0.2, 0) is 9.53 Å². The van der Waals surface area contributed by atoms with Gasteiger partial charge in [-0.05, 0) is 19.4 Å². The summed E-state index contributed by atoms with van der Waals surface area (Å²) in [6.45, 7) is 3.04. The summed E-state index contributed by atoms with van der Waals surface area (Å²) < 4.78 is 4.70.